The number of aromatic amines is 1. The third-order valence-corrected chi connectivity index (χ3v) is 6.66. The average molecular weight is 372 g/mol. The van der Waals surface area contributed by atoms with Crippen LogP contribution in [0.2, 0.25) is 0 Å². The Bertz CT molecular complexity index is 1040. The fourth-order valence-electron chi connectivity index (χ4n) is 3.25. The molecule has 1 aromatic carbocycles. The number of aromatic nitrogens is 2. The highest BCUT2D eigenvalue weighted by Crippen LogP contribution is 2.35. The van der Waals surface area contributed by atoms with E-state index < -0.39 is 10.0 Å². The van der Waals surface area contributed by atoms with Crippen molar-refractivity contribution >= 4 is 20.9 Å². The highest BCUT2D eigenvalue weighted by atomic mass is 32.2. The minimum Gasteiger partial charge on any atom is -0.494 e. The molecule has 8 heteroatoms. The number of piperazine rings is 1. The summed E-state index contributed by atoms with van der Waals surface area (Å²) < 4.78 is 27.1. The van der Waals surface area contributed by atoms with Crippen LogP contribution in [-0.4, -0.2) is 65.9 Å². The van der Waals surface area contributed by atoms with Crippen molar-refractivity contribution in [3.63, 3.8) is 0 Å². The van der Waals surface area contributed by atoms with E-state index in [2.05, 4.69) is 14.9 Å². The van der Waals surface area contributed by atoms with Crippen LogP contribution in [0.3, 0.4) is 0 Å². The number of sulfonamides is 1. The van der Waals surface area contributed by atoms with E-state index in [0.29, 0.717) is 37.4 Å². The Morgan fingerprint density at radius 2 is 1.81 bits per heavy atom. The number of likely N-dealkylation sites (N-methyl/N-ethyl adjacent to an activating group) is 1. The Hall–Kier alpha value is -2.42. The van der Waals surface area contributed by atoms with Gasteiger partial charge in [-0.1, -0.05) is 18.2 Å². The maximum absolute atomic E-state index is 12.8. The van der Waals surface area contributed by atoms with Crippen LogP contribution in [-0.2, 0) is 10.0 Å². The van der Waals surface area contributed by atoms with Crippen molar-refractivity contribution in [1.82, 2.24) is 19.2 Å². The van der Waals surface area contributed by atoms with Crippen molar-refractivity contribution in [2.45, 2.75) is 4.90 Å². The molecule has 3 heterocycles. The highest BCUT2D eigenvalue weighted by molar-refractivity contribution is 7.89. The monoisotopic (exact) mass is 372 g/mol. The minimum absolute atomic E-state index is 0.0216. The quantitative estimate of drug-likeness (QED) is 0.733. The third kappa shape index (κ3) is 2.86. The van der Waals surface area contributed by atoms with Gasteiger partial charge in [0.05, 0.1) is 11.3 Å². The largest absolute Gasteiger partial charge is 0.494 e. The van der Waals surface area contributed by atoms with Gasteiger partial charge in [-0.25, -0.2) is 8.42 Å². The van der Waals surface area contributed by atoms with E-state index in [1.165, 1.54) is 10.5 Å². The number of para-hydroxylation sites is 1. The van der Waals surface area contributed by atoms with Gasteiger partial charge in [-0.3, -0.25) is 4.98 Å². The molecule has 136 valence electrons. The van der Waals surface area contributed by atoms with Gasteiger partial charge in [0.25, 0.3) is 0 Å². The van der Waals surface area contributed by atoms with E-state index in [0.717, 1.165) is 10.9 Å². The number of hydrogen-bond donors (Lipinski definition) is 2. The van der Waals surface area contributed by atoms with Crippen LogP contribution in [0.15, 0.2) is 47.5 Å². The van der Waals surface area contributed by atoms with Crippen molar-refractivity contribution < 1.29 is 13.5 Å². The van der Waals surface area contributed by atoms with Gasteiger partial charge in [0.2, 0.25) is 10.0 Å². The Morgan fingerprint density at radius 1 is 1.08 bits per heavy atom. The fourth-order valence-corrected chi connectivity index (χ4v) is 4.61. The normalized spacial score (nSPS) is 17.0. The highest BCUT2D eigenvalue weighted by Gasteiger charge is 2.28. The molecule has 2 N–H and O–H groups in total. The van der Waals surface area contributed by atoms with E-state index >= 15 is 0 Å². The molecule has 0 aliphatic carbocycles. The number of aromatic hydroxyl groups is 1. The lowest BCUT2D eigenvalue weighted by atomic mass is 10.1. The number of H-pyrrole nitrogens is 1. The van der Waals surface area contributed by atoms with Crippen molar-refractivity contribution in [2.75, 3.05) is 33.2 Å². The predicted molar refractivity (Wildman–Crippen MR) is 99.5 cm³/mol. The van der Waals surface area contributed by atoms with Crippen LogP contribution in [0.5, 0.6) is 5.88 Å². The summed E-state index contributed by atoms with van der Waals surface area (Å²) >= 11 is 0. The lowest BCUT2D eigenvalue weighted by molar-refractivity contribution is 0.222. The Labute approximate surface area is 151 Å². The number of pyridine rings is 1. The second-order valence-corrected chi connectivity index (χ2v) is 8.42. The summed E-state index contributed by atoms with van der Waals surface area (Å²) in [5.74, 6) is 0.0216. The molecule has 0 spiro atoms. The van der Waals surface area contributed by atoms with Gasteiger partial charge in [0, 0.05) is 43.3 Å². The zero-order valence-corrected chi connectivity index (χ0v) is 15.2. The van der Waals surface area contributed by atoms with Crippen molar-refractivity contribution in [2.24, 2.45) is 0 Å². The SMILES string of the molecule is CN1CCN(S(=O)(=O)c2ccc(-c3c(O)[nH]c4ccccc34)nc2)CC1. The maximum atomic E-state index is 12.8. The van der Waals surface area contributed by atoms with Crippen LogP contribution in [0.4, 0.5) is 0 Å². The van der Waals surface area contributed by atoms with Gasteiger partial charge in [-0.15, -0.1) is 0 Å². The van der Waals surface area contributed by atoms with E-state index in [4.69, 9.17) is 0 Å². The molecule has 4 rings (SSSR count). The first-order valence-electron chi connectivity index (χ1n) is 8.41. The number of rotatable bonds is 3. The molecule has 2 aromatic heterocycles. The number of nitrogens with one attached hydrogen (secondary N) is 1. The molecule has 1 saturated heterocycles. The van der Waals surface area contributed by atoms with E-state index in [1.54, 1.807) is 12.1 Å². The molecule has 3 aromatic rings. The van der Waals surface area contributed by atoms with Crippen LogP contribution in [0.25, 0.3) is 22.2 Å². The summed E-state index contributed by atoms with van der Waals surface area (Å²) in [6.07, 6.45) is 1.37. The summed E-state index contributed by atoms with van der Waals surface area (Å²) in [4.78, 5) is 9.50. The Morgan fingerprint density at radius 3 is 2.50 bits per heavy atom. The molecule has 0 bridgehead atoms. The molecule has 7 nitrogen and oxygen atoms in total. The number of benzene rings is 1. The average Bonchev–Trinajstić information content (AvgIpc) is 2.98. The summed E-state index contributed by atoms with van der Waals surface area (Å²) in [5.41, 5.74) is 1.90. The lowest BCUT2D eigenvalue weighted by Gasteiger charge is -2.31. The van der Waals surface area contributed by atoms with Crippen molar-refractivity contribution in [3.8, 4) is 17.1 Å². The van der Waals surface area contributed by atoms with Gasteiger partial charge in [-0.2, -0.15) is 4.31 Å². The molecule has 1 fully saturated rings. The summed E-state index contributed by atoms with van der Waals surface area (Å²) in [6.45, 7) is 2.38. The van der Waals surface area contributed by atoms with Gasteiger partial charge in [0.15, 0.2) is 5.88 Å². The first-order valence-corrected chi connectivity index (χ1v) is 9.85. The molecular weight excluding hydrogens is 352 g/mol. The zero-order valence-electron chi connectivity index (χ0n) is 14.4. The molecular formula is C18H20N4O3S. The van der Waals surface area contributed by atoms with Crippen LogP contribution < -0.4 is 0 Å². The van der Waals surface area contributed by atoms with Crippen LogP contribution in [0.1, 0.15) is 0 Å². The smallest absolute Gasteiger partial charge is 0.244 e. The van der Waals surface area contributed by atoms with Gasteiger partial charge in [0.1, 0.15) is 4.90 Å². The Balaban J connectivity index is 1.67. The standard InChI is InChI=1S/C18H20N4O3S/c1-21-8-10-22(11-9-21)26(24,25)13-6-7-16(19-12-13)17-14-4-2-3-5-15(14)20-18(17)23/h2-7,12,20,23H,8-11H2,1H3. The Kier molecular flexibility index (Phi) is 4.18. The molecule has 0 atom stereocenters. The fraction of sp³-hybridized carbons (Fsp3) is 0.278. The summed E-state index contributed by atoms with van der Waals surface area (Å²) in [7, 11) is -1.57. The van der Waals surface area contributed by atoms with Crippen molar-refractivity contribution in [3.05, 3.63) is 42.6 Å². The topological polar surface area (TPSA) is 89.5 Å². The molecule has 0 amide bonds. The van der Waals surface area contributed by atoms with E-state index in [-0.39, 0.29) is 10.8 Å². The van der Waals surface area contributed by atoms with Gasteiger partial charge < -0.3 is 15.0 Å². The van der Waals surface area contributed by atoms with E-state index in [1.807, 2.05) is 31.3 Å². The number of fused-ring (bicyclic) bond motifs is 1. The first kappa shape index (κ1) is 17.0. The van der Waals surface area contributed by atoms with E-state index in [9.17, 15) is 13.5 Å². The van der Waals surface area contributed by atoms with Gasteiger partial charge in [-0.05, 0) is 25.2 Å². The molecule has 0 saturated carbocycles. The van der Waals surface area contributed by atoms with Gasteiger partial charge >= 0.3 is 0 Å². The molecule has 0 radical (unpaired) electrons. The number of hydrogen-bond acceptors (Lipinski definition) is 5. The predicted octanol–water partition coefficient (Wildman–Crippen LogP) is 1.87. The molecule has 1 aliphatic heterocycles. The van der Waals surface area contributed by atoms with Crippen LogP contribution in [0, 0.1) is 0 Å². The van der Waals surface area contributed by atoms with Crippen LogP contribution >= 0.6 is 0 Å². The molecule has 0 unspecified atom stereocenters. The maximum Gasteiger partial charge on any atom is 0.244 e. The molecule has 1 aliphatic rings. The number of nitrogens with zero attached hydrogens (tertiary/aromatic N) is 3. The lowest BCUT2D eigenvalue weighted by Crippen LogP contribution is -2.47. The second kappa shape index (κ2) is 6.39. The third-order valence-electron chi connectivity index (χ3n) is 4.78. The summed E-state index contributed by atoms with van der Waals surface area (Å²) in [6, 6.07) is 10.7. The van der Waals surface area contributed by atoms with Crippen molar-refractivity contribution in [1.29, 1.82) is 0 Å². The molecule has 26 heavy (non-hydrogen) atoms. The second-order valence-electron chi connectivity index (χ2n) is 6.48. The first-order chi connectivity index (χ1) is 12.5. The zero-order chi connectivity index (χ0) is 18.3. The minimum atomic E-state index is -3.55. The summed E-state index contributed by atoms with van der Waals surface area (Å²) in [5, 5.41) is 11.1.